The number of aromatic nitrogens is 2. The van der Waals surface area contributed by atoms with Crippen LogP contribution in [-0.4, -0.2) is 15.6 Å². The quantitative estimate of drug-likeness (QED) is 0.752. The summed E-state index contributed by atoms with van der Waals surface area (Å²) in [6, 6.07) is 5.09. The summed E-state index contributed by atoms with van der Waals surface area (Å²) in [6.45, 7) is 2.88. The van der Waals surface area contributed by atoms with Crippen LogP contribution in [0.15, 0.2) is 28.1 Å². The second-order valence-corrected chi connectivity index (χ2v) is 7.17. The van der Waals surface area contributed by atoms with E-state index in [0.717, 1.165) is 4.90 Å². The summed E-state index contributed by atoms with van der Waals surface area (Å²) in [5.74, 6) is 0.331. The molecule has 0 aliphatic rings. The lowest BCUT2D eigenvalue weighted by Crippen LogP contribution is -2.15. The average Bonchev–Trinajstić information content (AvgIpc) is 2.81. The van der Waals surface area contributed by atoms with Gasteiger partial charge in [0.25, 0.3) is 0 Å². The maximum atomic E-state index is 13.6. The van der Waals surface area contributed by atoms with Crippen molar-refractivity contribution in [3.8, 4) is 0 Å². The Balaban J connectivity index is 2.43. The van der Waals surface area contributed by atoms with Crippen molar-refractivity contribution in [1.29, 1.82) is 0 Å². The molecule has 0 bridgehead atoms. The molecule has 0 atom stereocenters. The van der Waals surface area contributed by atoms with Gasteiger partial charge in [-0.15, -0.1) is 0 Å². The fourth-order valence-corrected chi connectivity index (χ4v) is 3.96. The molecule has 2 N–H and O–H groups in total. The van der Waals surface area contributed by atoms with E-state index >= 15 is 0 Å². The molecule has 0 fully saturated rings. The van der Waals surface area contributed by atoms with Crippen LogP contribution in [0.1, 0.15) is 31.3 Å². The molecule has 1 amide bonds. The van der Waals surface area contributed by atoms with Gasteiger partial charge in [0.2, 0.25) is 0 Å². The third kappa shape index (κ3) is 4.55. The Kier molecular flexibility index (Phi) is 6.37. The van der Waals surface area contributed by atoms with E-state index in [4.69, 9.17) is 33.7 Å². The number of amides is 1. The summed E-state index contributed by atoms with van der Waals surface area (Å²) >= 11 is 13.3. The van der Waals surface area contributed by atoms with Gasteiger partial charge in [-0.05, 0) is 24.1 Å². The first kappa shape index (κ1) is 18.9. The zero-order chi connectivity index (χ0) is 17.9. The molecule has 1 aromatic carbocycles. The Morgan fingerprint density at radius 2 is 2.00 bits per heavy atom. The summed E-state index contributed by atoms with van der Waals surface area (Å²) in [7, 11) is 0. The maximum Gasteiger partial charge on any atom is 0.404 e. The number of rotatable bonds is 6. The highest BCUT2D eigenvalue weighted by Gasteiger charge is 2.21. The highest BCUT2D eigenvalue weighted by Crippen LogP contribution is 2.37. The molecule has 0 aliphatic heterocycles. The number of halogens is 3. The molecular weight excluding hydrogens is 376 g/mol. The van der Waals surface area contributed by atoms with Crippen LogP contribution in [0, 0.1) is 0 Å². The first-order valence-corrected chi connectivity index (χ1v) is 8.60. The van der Waals surface area contributed by atoms with Crippen molar-refractivity contribution in [2.75, 3.05) is 0 Å². The van der Waals surface area contributed by atoms with Gasteiger partial charge in [0.15, 0.2) is 13.4 Å². The molecule has 1 aromatic heterocycles. The van der Waals surface area contributed by atoms with Gasteiger partial charge >= 0.3 is 6.09 Å². The lowest BCUT2D eigenvalue weighted by atomic mass is 10.2. The fraction of sp³-hybridized carbons (Fsp3) is 0.333. The molecule has 0 saturated heterocycles. The third-order valence-corrected chi connectivity index (χ3v) is 4.62. The van der Waals surface area contributed by atoms with E-state index in [-0.39, 0.29) is 18.3 Å². The molecule has 0 aliphatic carbocycles. The second-order valence-electron chi connectivity index (χ2n) is 5.24. The molecule has 2 rings (SSSR count). The Morgan fingerprint density at radius 1 is 1.38 bits per heavy atom. The lowest BCUT2D eigenvalue weighted by Gasteiger charge is -2.10. The number of hydrogen-bond acceptors (Lipinski definition) is 4. The van der Waals surface area contributed by atoms with Crippen molar-refractivity contribution in [1.82, 2.24) is 9.55 Å². The summed E-state index contributed by atoms with van der Waals surface area (Å²) in [4.78, 5) is 16.0. The van der Waals surface area contributed by atoms with E-state index < -0.39 is 12.9 Å². The molecule has 9 heteroatoms. The molecular formula is C15H16Cl2FN3O2S. The van der Waals surface area contributed by atoms with Crippen molar-refractivity contribution >= 4 is 41.1 Å². The molecule has 5 nitrogen and oxygen atoms in total. The van der Waals surface area contributed by atoms with E-state index in [2.05, 4.69) is 4.98 Å². The normalized spacial score (nSPS) is 11.1. The minimum absolute atomic E-state index is 0.0438. The van der Waals surface area contributed by atoms with E-state index in [1.807, 2.05) is 13.8 Å². The number of carbonyl (C=O) groups is 1. The zero-order valence-corrected chi connectivity index (χ0v) is 15.4. The number of alkyl halides is 1. The molecule has 0 spiro atoms. The summed E-state index contributed by atoms with van der Waals surface area (Å²) < 4.78 is 19.7. The number of hydrogen-bond donors (Lipinski definition) is 1. The van der Waals surface area contributed by atoms with Crippen molar-refractivity contribution in [2.24, 2.45) is 5.73 Å². The number of primary amides is 1. The predicted octanol–water partition coefficient (Wildman–Crippen LogP) is 4.99. The molecule has 1 heterocycles. The van der Waals surface area contributed by atoms with Crippen LogP contribution in [0.4, 0.5) is 9.18 Å². The van der Waals surface area contributed by atoms with E-state index in [1.165, 1.54) is 16.3 Å². The molecule has 0 unspecified atom stereocenters. The topological polar surface area (TPSA) is 70.1 Å². The largest absolute Gasteiger partial charge is 0.442 e. The van der Waals surface area contributed by atoms with E-state index in [0.29, 0.717) is 20.8 Å². The molecule has 2 aromatic rings. The minimum Gasteiger partial charge on any atom is -0.442 e. The monoisotopic (exact) mass is 391 g/mol. The molecule has 130 valence electrons. The summed E-state index contributed by atoms with van der Waals surface area (Å²) in [5, 5.41) is 1.58. The van der Waals surface area contributed by atoms with E-state index in [9.17, 15) is 9.18 Å². The third-order valence-electron chi connectivity index (χ3n) is 3.09. The molecule has 24 heavy (non-hydrogen) atoms. The predicted molar refractivity (Wildman–Crippen MR) is 92.4 cm³/mol. The highest BCUT2D eigenvalue weighted by molar-refractivity contribution is 7.99. The van der Waals surface area contributed by atoms with Gasteiger partial charge in [-0.25, -0.2) is 14.2 Å². The van der Waals surface area contributed by atoms with Gasteiger partial charge in [-0.2, -0.15) is 0 Å². The van der Waals surface area contributed by atoms with Gasteiger partial charge in [0.05, 0.1) is 5.69 Å². The number of nitrogens with zero attached hydrogens (tertiary/aromatic N) is 2. The van der Waals surface area contributed by atoms with Gasteiger partial charge in [0.1, 0.15) is 10.9 Å². The van der Waals surface area contributed by atoms with Crippen LogP contribution in [0.5, 0.6) is 0 Å². The number of carbonyl (C=O) groups excluding carboxylic acids is 1. The van der Waals surface area contributed by atoms with Crippen LogP contribution < -0.4 is 5.73 Å². The Labute approximate surface area is 153 Å². The summed E-state index contributed by atoms with van der Waals surface area (Å²) in [6.07, 6.45) is -0.940. The average molecular weight is 392 g/mol. The van der Waals surface area contributed by atoms with Gasteiger partial charge in [-0.1, -0.05) is 48.8 Å². The van der Waals surface area contributed by atoms with Crippen LogP contribution in [0.25, 0.3) is 0 Å². The van der Waals surface area contributed by atoms with E-state index in [1.54, 1.807) is 18.2 Å². The maximum absolute atomic E-state index is 13.6. The number of benzene rings is 1. The highest BCUT2D eigenvalue weighted by atomic mass is 35.5. The lowest BCUT2D eigenvalue weighted by molar-refractivity contribution is 0.143. The van der Waals surface area contributed by atoms with Gasteiger partial charge in [-0.3, -0.25) is 4.57 Å². The second kappa shape index (κ2) is 8.09. The zero-order valence-electron chi connectivity index (χ0n) is 13.1. The van der Waals surface area contributed by atoms with Crippen LogP contribution in [0.3, 0.4) is 0 Å². The van der Waals surface area contributed by atoms with Crippen molar-refractivity contribution in [3.05, 3.63) is 39.8 Å². The van der Waals surface area contributed by atoms with Crippen LogP contribution in [0.2, 0.25) is 10.0 Å². The smallest absolute Gasteiger partial charge is 0.404 e. The standard InChI is InChI=1S/C15H16Cl2FN3O2S/c1-8(2)13-14(24-11-4-9(16)3-10(17)5-11)21(7-18)12(20-13)6-23-15(19)22/h3-5,8H,6-7H2,1-2H3,(H2,19,22). The first-order chi connectivity index (χ1) is 11.3. The van der Waals surface area contributed by atoms with Crippen molar-refractivity contribution in [3.63, 3.8) is 0 Å². The van der Waals surface area contributed by atoms with Gasteiger partial charge in [0, 0.05) is 14.9 Å². The van der Waals surface area contributed by atoms with Gasteiger partial charge < -0.3 is 10.5 Å². The molecule has 0 saturated carbocycles. The Morgan fingerprint density at radius 3 is 2.50 bits per heavy atom. The molecule has 0 radical (unpaired) electrons. The number of imidazole rings is 1. The fourth-order valence-electron chi connectivity index (χ4n) is 2.05. The first-order valence-electron chi connectivity index (χ1n) is 7.03. The Hall–Kier alpha value is -1.44. The van der Waals surface area contributed by atoms with Crippen LogP contribution >= 0.6 is 35.0 Å². The van der Waals surface area contributed by atoms with Crippen molar-refractivity contribution < 1.29 is 13.9 Å². The number of nitrogens with two attached hydrogens (primary N) is 1. The van der Waals surface area contributed by atoms with Crippen LogP contribution in [-0.2, 0) is 18.1 Å². The SMILES string of the molecule is CC(C)c1nc(COC(N)=O)n(CF)c1Sc1cc(Cl)cc(Cl)c1. The van der Waals surface area contributed by atoms with Crippen molar-refractivity contribution in [2.45, 2.75) is 43.1 Å². The number of ether oxygens (including phenoxy) is 1. The summed E-state index contributed by atoms with van der Waals surface area (Å²) in [5.41, 5.74) is 5.66. The minimum atomic E-state index is -0.940. The Bertz CT molecular complexity index is 732.